The summed E-state index contributed by atoms with van der Waals surface area (Å²) in [5, 5.41) is 5.90. The van der Waals surface area contributed by atoms with Gasteiger partial charge in [-0.25, -0.2) is 0 Å². The van der Waals surface area contributed by atoms with E-state index < -0.39 is 0 Å². The molecule has 0 aromatic heterocycles. The van der Waals surface area contributed by atoms with Crippen LogP contribution in [0.5, 0.6) is 0 Å². The van der Waals surface area contributed by atoms with Crippen molar-refractivity contribution in [3.05, 3.63) is 29.3 Å². The smallest absolute Gasteiger partial charge is 0.251 e. The summed E-state index contributed by atoms with van der Waals surface area (Å²) in [6.07, 6.45) is 0.938. The molecule has 1 aliphatic rings. The molecule has 0 bridgehead atoms. The largest absolute Gasteiger partial charge is 0.384 e. The third-order valence-corrected chi connectivity index (χ3v) is 3.38. The van der Waals surface area contributed by atoms with Gasteiger partial charge in [0.25, 0.3) is 5.91 Å². The van der Waals surface area contributed by atoms with Crippen molar-refractivity contribution in [2.24, 2.45) is 0 Å². The Morgan fingerprint density at radius 2 is 2.21 bits per heavy atom. The Kier molecular flexibility index (Phi) is 4.04. The van der Waals surface area contributed by atoms with Crippen LogP contribution in [0.25, 0.3) is 0 Å². The molecule has 19 heavy (non-hydrogen) atoms. The van der Waals surface area contributed by atoms with Crippen molar-refractivity contribution in [1.82, 2.24) is 10.2 Å². The van der Waals surface area contributed by atoms with Gasteiger partial charge in [-0.05, 0) is 37.1 Å². The van der Waals surface area contributed by atoms with Crippen LogP contribution in [-0.4, -0.2) is 43.4 Å². The van der Waals surface area contributed by atoms with Crippen LogP contribution >= 0.6 is 0 Å². The molecule has 1 aromatic carbocycles. The minimum atomic E-state index is -0.201. The number of anilines is 1. The Balaban J connectivity index is 1.95. The van der Waals surface area contributed by atoms with Gasteiger partial charge in [0.15, 0.2) is 0 Å². The van der Waals surface area contributed by atoms with Gasteiger partial charge in [-0.15, -0.1) is 0 Å². The lowest BCUT2D eigenvalue weighted by Gasteiger charge is -2.14. The summed E-state index contributed by atoms with van der Waals surface area (Å²) in [7, 11) is 1.72. The van der Waals surface area contributed by atoms with Gasteiger partial charge in [0, 0.05) is 31.4 Å². The molecule has 0 unspecified atom stereocenters. The second-order valence-electron chi connectivity index (χ2n) is 4.64. The summed E-state index contributed by atoms with van der Waals surface area (Å²) < 4.78 is 0. The van der Waals surface area contributed by atoms with Gasteiger partial charge in [-0.3, -0.25) is 9.59 Å². The molecule has 1 aliphatic heterocycles. The number of nitrogens with zero attached hydrogens (tertiary/aromatic N) is 1. The van der Waals surface area contributed by atoms with Crippen LogP contribution in [0.4, 0.5) is 5.69 Å². The van der Waals surface area contributed by atoms with E-state index in [9.17, 15) is 9.59 Å². The molecule has 0 aliphatic carbocycles. The van der Waals surface area contributed by atoms with Gasteiger partial charge in [0.1, 0.15) is 0 Å². The van der Waals surface area contributed by atoms with Gasteiger partial charge < -0.3 is 15.5 Å². The zero-order valence-electron chi connectivity index (χ0n) is 11.3. The van der Waals surface area contributed by atoms with Gasteiger partial charge in [-0.2, -0.15) is 0 Å². The Morgan fingerprint density at radius 1 is 1.42 bits per heavy atom. The molecule has 0 saturated carbocycles. The summed E-state index contributed by atoms with van der Waals surface area (Å²) in [5.74, 6) is -0.286. The number of amides is 2. The van der Waals surface area contributed by atoms with E-state index in [1.54, 1.807) is 18.0 Å². The first-order valence-electron chi connectivity index (χ1n) is 6.50. The summed E-state index contributed by atoms with van der Waals surface area (Å²) in [6.45, 7) is 3.49. The fourth-order valence-electron chi connectivity index (χ4n) is 2.02. The number of nitrogens with one attached hydrogen (secondary N) is 2. The molecule has 0 fully saturated rings. The number of rotatable bonds is 4. The predicted molar refractivity (Wildman–Crippen MR) is 74.3 cm³/mol. The number of carbonyl (C=O) groups excluding carboxylic acids is 2. The van der Waals surface area contributed by atoms with Crippen molar-refractivity contribution >= 4 is 17.5 Å². The molecule has 0 saturated heterocycles. The number of hydrogen-bond donors (Lipinski definition) is 2. The van der Waals surface area contributed by atoms with Gasteiger partial charge >= 0.3 is 0 Å². The highest BCUT2D eigenvalue weighted by Gasteiger charge is 2.14. The monoisotopic (exact) mass is 261 g/mol. The Hall–Kier alpha value is -2.04. The first-order chi connectivity index (χ1) is 9.11. The maximum absolute atomic E-state index is 12.0. The second-order valence-corrected chi connectivity index (χ2v) is 4.64. The van der Waals surface area contributed by atoms with Crippen molar-refractivity contribution < 1.29 is 9.59 Å². The molecule has 0 radical (unpaired) electrons. The number of likely N-dealkylation sites (N-methyl/N-ethyl adjacent to an activating group) is 1. The van der Waals surface area contributed by atoms with Crippen molar-refractivity contribution in [1.29, 1.82) is 0 Å². The first kappa shape index (κ1) is 13.4. The first-order valence-corrected chi connectivity index (χ1v) is 6.50. The van der Waals surface area contributed by atoms with Crippen LogP contribution < -0.4 is 10.6 Å². The summed E-state index contributed by atoms with van der Waals surface area (Å²) in [6, 6.07) is 5.58. The van der Waals surface area contributed by atoms with Crippen molar-refractivity contribution in [2.45, 2.75) is 13.3 Å². The Labute approximate surface area is 113 Å². The Morgan fingerprint density at radius 3 is 2.95 bits per heavy atom. The molecule has 5 heteroatoms. The molecule has 0 spiro atoms. The van der Waals surface area contributed by atoms with Crippen molar-refractivity contribution in [2.75, 3.05) is 32.0 Å². The van der Waals surface area contributed by atoms with Crippen molar-refractivity contribution in [3.8, 4) is 0 Å². The van der Waals surface area contributed by atoms with Gasteiger partial charge in [0.05, 0.1) is 6.54 Å². The van der Waals surface area contributed by atoms with E-state index in [2.05, 4.69) is 10.6 Å². The molecular weight excluding hydrogens is 242 g/mol. The summed E-state index contributed by atoms with van der Waals surface area (Å²) in [4.78, 5) is 25.1. The zero-order chi connectivity index (χ0) is 13.8. The third-order valence-electron chi connectivity index (χ3n) is 3.38. The van der Waals surface area contributed by atoms with Crippen LogP contribution in [0.1, 0.15) is 22.8 Å². The predicted octanol–water partition coefficient (Wildman–Crippen LogP) is 0.863. The molecule has 1 heterocycles. The lowest BCUT2D eigenvalue weighted by atomic mass is 10.1. The maximum Gasteiger partial charge on any atom is 0.251 e. The van der Waals surface area contributed by atoms with Crippen molar-refractivity contribution in [3.63, 3.8) is 0 Å². The highest BCUT2D eigenvalue weighted by molar-refractivity contribution is 5.97. The average Bonchev–Trinajstić information content (AvgIpc) is 2.90. The molecule has 0 atom stereocenters. The van der Waals surface area contributed by atoms with Crippen LogP contribution in [0.2, 0.25) is 0 Å². The molecule has 2 amide bonds. The number of benzene rings is 1. The summed E-state index contributed by atoms with van der Waals surface area (Å²) in [5.41, 5.74) is 2.86. The van der Waals surface area contributed by atoms with E-state index in [1.165, 1.54) is 0 Å². The number of carbonyl (C=O) groups is 2. The van der Waals surface area contributed by atoms with Gasteiger partial charge in [0.2, 0.25) is 5.91 Å². The fourth-order valence-corrected chi connectivity index (χ4v) is 2.02. The van der Waals surface area contributed by atoms with E-state index in [-0.39, 0.29) is 18.4 Å². The minimum absolute atomic E-state index is 0.0402. The highest BCUT2D eigenvalue weighted by atomic mass is 16.2. The standard InChI is InChI=1S/C14H19N3O2/c1-3-17(2)13(18)9-16-14(19)11-4-5-12-10(8-11)6-7-15-12/h4-5,8,15H,3,6-7,9H2,1-2H3,(H,16,19). The van der Waals surface area contributed by atoms with E-state index in [0.29, 0.717) is 12.1 Å². The normalized spacial score (nSPS) is 12.5. The van der Waals surface area contributed by atoms with Crippen LogP contribution in [0.15, 0.2) is 18.2 Å². The topological polar surface area (TPSA) is 61.4 Å². The number of fused-ring (bicyclic) bond motifs is 1. The van der Waals surface area contributed by atoms with Gasteiger partial charge in [-0.1, -0.05) is 0 Å². The van der Waals surface area contributed by atoms with E-state index in [1.807, 2.05) is 19.1 Å². The zero-order valence-corrected chi connectivity index (χ0v) is 11.3. The molecule has 2 rings (SSSR count). The lowest BCUT2D eigenvalue weighted by molar-refractivity contribution is -0.128. The van der Waals surface area contributed by atoms with E-state index in [4.69, 9.17) is 0 Å². The minimum Gasteiger partial charge on any atom is -0.384 e. The Bertz CT molecular complexity index is 499. The van der Waals surface area contributed by atoms with E-state index >= 15 is 0 Å². The molecular formula is C14H19N3O2. The lowest BCUT2D eigenvalue weighted by Crippen LogP contribution is -2.38. The molecule has 5 nitrogen and oxygen atoms in total. The molecule has 102 valence electrons. The highest BCUT2D eigenvalue weighted by Crippen LogP contribution is 2.22. The number of hydrogen-bond acceptors (Lipinski definition) is 3. The van der Waals surface area contributed by atoms with Crippen LogP contribution in [0.3, 0.4) is 0 Å². The quantitative estimate of drug-likeness (QED) is 0.845. The molecule has 1 aromatic rings. The maximum atomic E-state index is 12.0. The second kappa shape index (κ2) is 5.73. The van der Waals surface area contributed by atoms with E-state index in [0.717, 1.165) is 24.2 Å². The SMILES string of the molecule is CCN(C)C(=O)CNC(=O)c1ccc2c(c1)CCN2. The van der Waals surface area contributed by atoms with Crippen LogP contribution in [0, 0.1) is 0 Å². The van der Waals surface area contributed by atoms with Crippen LogP contribution in [-0.2, 0) is 11.2 Å². The summed E-state index contributed by atoms with van der Waals surface area (Å²) >= 11 is 0. The third kappa shape index (κ3) is 3.05. The average molecular weight is 261 g/mol. The fraction of sp³-hybridized carbons (Fsp3) is 0.429. The molecule has 2 N–H and O–H groups in total.